The Balaban J connectivity index is 1.14. The van der Waals surface area contributed by atoms with E-state index in [2.05, 4.69) is 25.5 Å². The summed E-state index contributed by atoms with van der Waals surface area (Å²) in [6.07, 6.45) is -2.40. The average Bonchev–Trinajstić information content (AvgIpc) is 3.42. The van der Waals surface area contributed by atoms with E-state index in [1.165, 1.54) is 13.3 Å². The van der Waals surface area contributed by atoms with E-state index in [1.54, 1.807) is 43.3 Å². The van der Waals surface area contributed by atoms with Crippen LogP contribution in [0.3, 0.4) is 0 Å². The lowest BCUT2D eigenvalue weighted by Gasteiger charge is -2.38. The first-order valence-corrected chi connectivity index (χ1v) is 13.2. The fourth-order valence-electron chi connectivity index (χ4n) is 4.48. The lowest BCUT2D eigenvalue weighted by molar-refractivity contribution is -0.138. The van der Waals surface area contributed by atoms with E-state index in [1.807, 2.05) is 11.0 Å². The minimum absolute atomic E-state index is 0.00842. The Kier molecular flexibility index (Phi) is 8.58. The van der Waals surface area contributed by atoms with Crippen molar-refractivity contribution in [2.24, 2.45) is 0 Å². The molecule has 3 aromatic heterocycles. The van der Waals surface area contributed by atoms with Crippen molar-refractivity contribution < 1.29 is 27.2 Å². The second-order valence-electron chi connectivity index (χ2n) is 9.97. The summed E-state index contributed by atoms with van der Waals surface area (Å²) in [5.41, 5.74) is -1.96. The van der Waals surface area contributed by atoms with E-state index in [4.69, 9.17) is 19.3 Å². The fourth-order valence-corrected chi connectivity index (χ4v) is 4.48. The van der Waals surface area contributed by atoms with Gasteiger partial charge in [0.25, 0.3) is 11.4 Å². The summed E-state index contributed by atoms with van der Waals surface area (Å²) in [7, 11) is 1.50. The molecule has 0 radical (unpaired) electrons. The third kappa shape index (κ3) is 6.92. The van der Waals surface area contributed by atoms with Gasteiger partial charge >= 0.3 is 6.18 Å². The molecule has 4 heterocycles. The van der Waals surface area contributed by atoms with Gasteiger partial charge in [-0.25, -0.2) is 9.67 Å². The number of rotatable bonds is 11. The van der Waals surface area contributed by atoms with E-state index < -0.39 is 29.0 Å². The molecule has 1 N–H and O–H groups in total. The van der Waals surface area contributed by atoms with Gasteiger partial charge in [0.05, 0.1) is 43.6 Å². The van der Waals surface area contributed by atoms with Gasteiger partial charge in [-0.15, -0.1) is 0 Å². The summed E-state index contributed by atoms with van der Waals surface area (Å²) in [5, 5.41) is 19.5. The van der Waals surface area contributed by atoms with E-state index in [9.17, 15) is 18.0 Å². The van der Waals surface area contributed by atoms with Gasteiger partial charge in [0.1, 0.15) is 29.8 Å². The normalized spacial score (nSPS) is 14.2. The predicted octanol–water partition coefficient (Wildman–Crippen LogP) is 3.59. The van der Waals surface area contributed by atoms with E-state index in [0.29, 0.717) is 35.8 Å². The largest absolute Gasteiger partial charge is 0.497 e. The van der Waals surface area contributed by atoms with Gasteiger partial charge in [0.2, 0.25) is 0 Å². The summed E-state index contributed by atoms with van der Waals surface area (Å²) in [4.78, 5) is 23.4. The van der Waals surface area contributed by atoms with E-state index in [-0.39, 0.29) is 31.6 Å². The molecule has 224 valence electrons. The highest BCUT2D eigenvalue weighted by Crippen LogP contribution is 2.32. The molecule has 1 atom stereocenters. The number of hydrogen-bond donors (Lipinski definition) is 1. The molecule has 1 fully saturated rings. The van der Waals surface area contributed by atoms with Crippen LogP contribution in [-0.4, -0.2) is 57.8 Å². The first kappa shape index (κ1) is 29.5. The number of halogens is 3. The SMILES string of the molecule is COc1ccc(Cn2ncc(NC(C)COCc3nc(C4CN(c5ccc(C#N)cn5)C4)no3)c(C(F)(F)F)c2=O)cc1. The number of hydrogen-bond acceptors (Lipinski definition) is 11. The van der Waals surface area contributed by atoms with Crippen LogP contribution in [0.25, 0.3) is 0 Å². The van der Waals surface area contributed by atoms with Crippen molar-refractivity contribution in [1.29, 1.82) is 5.26 Å². The number of anilines is 2. The molecule has 4 aromatic rings. The first-order chi connectivity index (χ1) is 20.6. The number of ether oxygens (including phenoxy) is 2. The zero-order valence-electron chi connectivity index (χ0n) is 23.2. The molecule has 1 aromatic carbocycles. The molecule has 0 spiro atoms. The van der Waals surface area contributed by atoms with Crippen LogP contribution in [0, 0.1) is 11.3 Å². The Morgan fingerprint density at radius 3 is 2.60 bits per heavy atom. The van der Waals surface area contributed by atoms with Gasteiger partial charge in [0.15, 0.2) is 5.82 Å². The molecule has 0 amide bonds. The molecule has 5 rings (SSSR count). The Morgan fingerprint density at radius 2 is 1.95 bits per heavy atom. The molecule has 1 saturated heterocycles. The van der Waals surface area contributed by atoms with Crippen LogP contribution in [0.5, 0.6) is 5.75 Å². The van der Waals surface area contributed by atoms with Crippen LogP contribution in [-0.2, 0) is 24.1 Å². The maximum atomic E-state index is 13.9. The molecular weight excluding hydrogens is 569 g/mol. The Labute approximate surface area is 243 Å². The van der Waals surface area contributed by atoms with Gasteiger partial charge in [-0.2, -0.15) is 28.5 Å². The van der Waals surface area contributed by atoms with Gasteiger partial charge < -0.3 is 24.2 Å². The van der Waals surface area contributed by atoms with Crippen molar-refractivity contribution in [3.8, 4) is 11.8 Å². The Morgan fingerprint density at radius 1 is 1.19 bits per heavy atom. The summed E-state index contributed by atoms with van der Waals surface area (Å²) >= 11 is 0. The summed E-state index contributed by atoms with van der Waals surface area (Å²) in [5.74, 6) is 2.12. The van der Waals surface area contributed by atoms with Crippen molar-refractivity contribution in [2.45, 2.75) is 38.2 Å². The lowest BCUT2D eigenvalue weighted by Crippen LogP contribution is -2.45. The topological polar surface area (TPSA) is 144 Å². The summed E-state index contributed by atoms with van der Waals surface area (Å²) < 4.78 is 58.5. The zero-order chi connectivity index (χ0) is 30.6. The summed E-state index contributed by atoms with van der Waals surface area (Å²) in [6, 6.07) is 11.5. The highest BCUT2D eigenvalue weighted by Gasteiger charge is 2.38. The second-order valence-corrected chi connectivity index (χ2v) is 9.97. The minimum atomic E-state index is -4.90. The number of alkyl halides is 3. The number of nitriles is 1. The predicted molar refractivity (Wildman–Crippen MR) is 147 cm³/mol. The van der Waals surface area contributed by atoms with Gasteiger partial charge in [-0.05, 0) is 36.8 Å². The van der Waals surface area contributed by atoms with Crippen molar-refractivity contribution in [1.82, 2.24) is 24.9 Å². The minimum Gasteiger partial charge on any atom is -0.497 e. The molecule has 1 unspecified atom stereocenters. The highest BCUT2D eigenvalue weighted by atomic mass is 19.4. The number of pyridine rings is 1. The standard InChI is InChI=1S/C28H27F3N8O4/c1-17(15-42-16-24-36-26(37-43-24)20-13-38(14-20)23-8-5-19(9-32)10-33-23)35-22-11-34-39(27(40)25(22)28(29,30)31)12-18-3-6-21(41-2)7-4-18/h3-8,10-11,17,20,35H,12-16H2,1-2H3. The molecule has 0 bridgehead atoms. The van der Waals surface area contributed by atoms with Gasteiger partial charge in [0, 0.05) is 25.3 Å². The van der Waals surface area contributed by atoms with E-state index in [0.717, 1.165) is 16.7 Å². The quantitative estimate of drug-likeness (QED) is 0.271. The maximum Gasteiger partial charge on any atom is 0.423 e. The summed E-state index contributed by atoms with van der Waals surface area (Å²) in [6.45, 7) is 2.69. The first-order valence-electron chi connectivity index (χ1n) is 13.2. The fraction of sp³-hybridized carbons (Fsp3) is 0.357. The van der Waals surface area contributed by atoms with E-state index >= 15 is 0 Å². The molecule has 1 aliphatic rings. The highest BCUT2D eigenvalue weighted by molar-refractivity contribution is 5.50. The number of aromatic nitrogens is 5. The number of nitrogens with one attached hydrogen (secondary N) is 1. The van der Waals surface area contributed by atoms with Crippen LogP contribution in [0.2, 0.25) is 0 Å². The van der Waals surface area contributed by atoms with Crippen LogP contribution in [0.4, 0.5) is 24.7 Å². The molecule has 0 aliphatic carbocycles. The van der Waals surface area contributed by atoms with Crippen LogP contribution in [0.15, 0.2) is 58.1 Å². The zero-order valence-corrected chi connectivity index (χ0v) is 23.2. The Hall–Kier alpha value is -4.97. The third-order valence-electron chi connectivity index (χ3n) is 6.75. The van der Waals surface area contributed by atoms with Crippen molar-refractivity contribution in [2.75, 3.05) is 37.0 Å². The van der Waals surface area contributed by atoms with Gasteiger partial charge in [-0.3, -0.25) is 4.79 Å². The molecule has 0 saturated carbocycles. The smallest absolute Gasteiger partial charge is 0.423 e. The molecule has 1 aliphatic heterocycles. The second kappa shape index (κ2) is 12.5. The Bertz CT molecular complexity index is 1640. The molecule has 43 heavy (non-hydrogen) atoms. The monoisotopic (exact) mass is 596 g/mol. The van der Waals surface area contributed by atoms with Crippen LogP contribution in [0.1, 0.15) is 41.2 Å². The molecular formula is C28H27F3N8O4. The number of methoxy groups -OCH3 is 1. The van der Waals surface area contributed by atoms with Gasteiger partial charge in [-0.1, -0.05) is 17.3 Å². The maximum absolute atomic E-state index is 13.9. The van der Waals surface area contributed by atoms with Crippen molar-refractivity contribution >= 4 is 11.5 Å². The lowest BCUT2D eigenvalue weighted by atomic mass is 9.99. The average molecular weight is 597 g/mol. The number of benzene rings is 1. The number of nitrogens with zero attached hydrogens (tertiary/aromatic N) is 7. The van der Waals surface area contributed by atoms with Crippen LogP contribution >= 0.6 is 0 Å². The van der Waals surface area contributed by atoms with Crippen molar-refractivity contribution in [3.05, 3.63) is 87.6 Å². The molecule has 12 nitrogen and oxygen atoms in total. The third-order valence-corrected chi connectivity index (χ3v) is 6.75. The van der Waals surface area contributed by atoms with Crippen LogP contribution < -0.4 is 20.5 Å². The molecule has 15 heteroatoms. The van der Waals surface area contributed by atoms with Crippen molar-refractivity contribution in [3.63, 3.8) is 0 Å².